The van der Waals surface area contributed by atoms with Gasteiger partial charge in [-0.25, -0.2) is 0 Å². The monoisotopic (exact) mass is 332 g/mol. The first kappa shape index (κ1) is 15.7. The second-order valence-corrected chi connectivity index (χ2v) is 6.07. The Labute approximate surface area is 147 Å². The van der Waals surface area contributed by atoms with Crippen LogP contribution in [0.3, 0.4) is 0 Å². The highest BCUT2D eigenvalue weighted by Gasteiger charge is 2.17. The lowest BCUT2D eigenvalue weighted by Gasteiger charge is -2.19. The van der Waals surface area contributed by atoms with Crippen molar-refractivity contribution in [2.24, 2.45) is 0 Å². The van der Waals surface area contributed by atoms with Crippen molar-refractivity contribution < 1.29 is 9.47 Å². The van der Waals surface area contributed by atoms with Gasteiger partial charge in [-0.2, -0.15) is 4.98 Å². The fourth-order valence-corrected chi connectivity index (χ4v) is 2.93. The fraction of sp³-hybridized carbons (Fsp3) is 0.190. The van der Waals surface area contributed by atoms with Gasteiger partial charge in [-0.05, 0) is 23.8 Å². The van der Waals surface area contributed by atoms with E-state index in [4.69, 9.17) is 9.47 Å². The Morgan fingerprint density at radius 3 is 2.48 bits per heavy atom. The number of para-hydroxylation sites is 1. The Kier molecular flexibility index (Phi) is 4.61. The molecule has 2 heterocycles. The summed E-state index contributed by atoms with van der Waals surface area (Å²) in [5.74, 6) is 2.00. The SMILES string of the molecule is c1ccc(CN2CCOc3nc(Oc4ccccc4)ccc3C2)cc1. The summed E-state index contributed by atoms with van der Waals surface area (Å²) < 4.78 is 11.7. The Hall–Kier alpha value is -2.85. The van der Waals surface area contributed by atoms with Crippen molar-refractivity contribution in [1.82, 2.24) is 9.88 Å². The van der Waals surface area contributed by atoms with Crippen molar-refractivity contribution in [1.29, 1.82) is 0 Å². The van der Waals surface area contributed by atoms with Gasteiger partial charge in [0.2, 0.25) is 11.8 Å². The van der Waals surface area contributed by atoms with E-state index in [1.54, 1.807) is 0 Å². The van der Waals surface area contributed by atoms with E-state index < -0.39 is 0 Å². The zero-order valence-corrected chi connectivity index (χ0v) is 14.0. The summed E-state index contributed by atoms with van der Waals surface area (Å²) in [7, 11) is 0. The van der Waals surface area contributed by atoms with Gasteiger partial charge in [0, 0.05) is 31.3 Å². The molecule has 2 aromatic carbocycles. The second kappa shape index (κ2) is 7.36. The van der Waals surface area contributed by atoms with Crippen molar-refractivity contribution in [3.8, 4) is 17.5 Å². The van der Waals surface area contributed by atoms with Gasteiger partial charge in [-0.3, -0.25) is 4.90 Å². The van der Waals surface area contributed by atoms with Crippen molar-refractivity contribution >= 4 is 0 Å². The van der Waals surface area contributed by atoms with Gasteiger partial charge >= 0.3 is 0 Å². The summed E-state index contributed by atoms with van der Waals surface area (Å²) in [5.41, 5.74) is 2.40. The van der Waals surface area contributed by atoms with E-state index in [9.17, 15) is 0 Å². The number of fused-ring (bicyclic) bond motifs is 1. The lowest BCUT2D eigenvalue weighted by atomic mass is 10.2. The Morgan fingerprint density at radius 1 is 0.920 bits per heavy atom. The molecule has 0 spiro atoms. The molecule has 4 rings (SSSR count). The summed E-state index contributed by atoms with van der Waals surface area (Å²) in [6, 6.07) is 24.1. The lowest BCUT2D eigenvalue weighted by molar-refractivity contribution is 0.217. The highest BCUT2D eigenvalue weighted by molar-refractivity contribution is 5.34. The average molecular weight is 332 g/mol. The Bertz CT molecular complexity index is 822. The molecule has 0 fully saturated rings. The van der Waals surface area contributed by atoms with Gasteiger partial charge in [-0.1, -0.05) is 48.5 Å². The van der Waals surface area contributed by atoms with E-state index in [-0.39, 0.29) is 0 Å². The molecule has 0 N–H and O–H groups in total. The van der Waals surface area contributed by atoms with Crippen molar-refractivity contribution in [3.63, 3.8) is 0 Å². The summed E-state index contributed by atoms with van der Waals surface area (Å²) in [5, 5.41) is 0. The smallest absolute Gasteiger partial charge is 0.222 e. The molecule has 0 saturated heterocycles. The summed E-state index contributed by atoms with van der Waals surface area (Å²) >= 11 is 0. The fourth-order valence-electron chi connectivity index (χ4n) is 2.93. The van der Waals surface area contributed by atoms with Gasteiger partial charge in [0.15, 0.2) is 0 Å². The van der Waals surface area contributed by atoms with E-state index >= 15 is 0 Å². The normalized spacial score (nSPS) is 14.2. The van der Waals surface area contributed by atoms with Crippen LogP contribution in [-0.2, 0) is 13.1 Å². The van der Waals surface area contributed by atoms with Gasteiger partial charge in [-0.15, -0.1) is 0 Å². The highest BCUT2D eigenvalue weighted by Crippen LogP contribution is 2.27. The number of hydrogen-bond acceptors (Lipinski definition) is 4. The van der Waals surface area contributed by atoms with Crippen molar-refractivity contribution in [3.05, 3.63) is 83.9 Å². The first-order chi connectivity index (χ1) is 12.4. The van der Waals surface area contributed by atoms with E-state index in [0.29, 0.717) is 18.4 Å². The van der Waals surface area contributed by atoms with Gasteiger partial charge < -0.3 is 9.47 Å². The Morgan fingerprint density at radius 2 is 1.68 bits per heavy atom. The standard InChI is InChI=1S/C21H20N2O2/c1-3-7-17(8-4-1)15-23-13-14-24-21-18(16-23)11-12-20(22-21)25-19-9-5-2-6-10-19/h1-12H,13-16H2. The van der Waals surface area contributed by atoms with Crippen LogP contribution in [0, 0.1) is 0 Å². The largest absolute Gasteiger partial charge is 0.476 e. The van der Waals surface area contributed by atoms with E-state index in [0.717, 1.165) is 30.9 Å². The predicted octanol–water partition coefficient (Wildman–Crippen LogP) is 4.27. The van der Waals surface area contributed by atoms with Crippen LogP contribution in [0.2, 0.25) is 0 Å². The molecule has 4 nitrogen and oxygen atoms in total. The van der Waals surface area contributed by atoms with E-state index in [1.807, 2.05) is 48.5 Å². The lowest BCUT2D eigenvalue weighted by Crippen LogP contribution is -2.25. The van der Waals surface area contributed by atoms with Crippen LogP contribution < -0.4 is 9.47 Å². The first-order valence-electron chi connectivity index (χ1n) is 8.49. The Balaban J connectivity index is 1.49. The molecule has 0 bridgehead atoms. The summed E-state index contributed by atoms with van der Waals surface area (Å²) in [4.78, 5) is 6.91. The minimum atomic E-state index is 0.557. The van der Waals surface area contributed by atoms with Crippen molar-refractivity contribution in [2.45, 2.75) is 13.1 Å². The molecular weight excluding hydrogens is 312 g/mol. The maximum atomic E-state index is 5.86. The average Bonchev–Trinajstić information content (AvgIpc) is 2.85. The number of hydrogen-bond donors (Lipinski definition) is 0. The summed E-state index contributed by atoms with van der Waals surface area (Å²) in [6.07, 6.45) is 0. The molecule has 0 atom stereocenters. The van der Waals surface area contributed by atoms with Crippen molar-refractivity contribution in [2.75, 3.05) is 13.2 Å². The maximum absolute atomic E-state index is 5.86. The quantitative estimate of drug-likeness (QED) is 0.715. The third kappa shape index (κ3) is 3.98. The molecule has 126 valence electrons. The molecule has 0 aliphatic carbocycles. The third-order valence-electron chi connectivity index (χ3n) is 4.17. The van der Waals surface area contributed by atoms with Crippen LogP contribution in [0.4, 0.5) is 0 Å². The van der Waals surface area contributed by atoms with Gasteiger partial charge in [0.1, 0.15) is 12.4 Å². The van der Waals surface area contributed by atoms with Crippen LogP contribution >= 0.6 is 0 Å². The predicted molar refractivity (Wildman–Crippen MR) is 96.8 cm³/mol. The number of ether oxygens (including phenoxy) is 2. The van der Waals surface area contributed by atoms with Crippen LogP contribution in [0.1, 0.15) is 11.1 Å². The summed E-state index contributed by atoms with van der Waals surface area (Å²) in [6.45, 7) is 3.23. The molecule has 4 heteroatoms. The number of pyridine rings is 1. The van der Waals surface area contributed by atoms with Crippen LogP contribution in [0.5, 0.6) is 17.5 Å². The molecule has 1 aliphatic rings. The highest BCUT2D eigenvalue weighted by atomic mass is 16.5. The molecule has 3 aromatic rings. The third-order valence-corrected chi connectivity index (χ3v) is 4.17. The zero-order valence-electron chi connectivity index (χ0n) is 14.0. The molecule has 0 amide bonds. The van der Waals surface area contributed by atoms with Gasteiger partial charge in [0.25, 0.3) is 0 Å². The maximum Gasteiger partial charge on any atom is 0.222 e. The minimum absolute atomic E-state index is 0.557. The number of rotatable bonds is 4. The minimum Gasteiger partial charge on any atom is -0.476 e. The number of aromatic nitrogens is 1. The van der Waals surface area contributed by atoms with E-state index in [2.05, 4.69) is 34.1 Å². The number of nitrogens with zero attached hydrogens (tertiary/aromatic N) is 2. The molecule has 1 aliphatic heterocycles. The molecule has 25 heavy (non-hydrogen) atoms. The van der Waals surface area contributed by atoms with Crippen LogP contribution in [-0.4, -0.2) is 23.0 Å². The molecular formula is C21H20N2O2. The van der Waals surface area contributed by atoms with E-state index in [1.165, 1.54) is 5.56 Å². The second-order valence-electron chi connectivity index (χ2n) is 6.07. The zero-order chi connectivity index (χ0) is 16.9. The van der Waals surface area contributed by atoms with Crippen LogP contribution in [0.25, 0.3) is 0 Å². The molecule has 0 unspecified atom stereocenters. The molecule has 0 radical (unpaired) electrons. The first-order valence-corrected chi connectivity index (χ1v) is 8.49. The number of benzene rings is 2. The van der Waals surface area contributed by atoms with Gasteiger partial charge in [0.05, 0.1) is 0 Å². The molecule has 1 aromatic heterocycles. The molecule has 0 saturated carbocycles. The van der Waals surface area contributed by atoms with Crippen LogP contribution in [0.15, 0.2) is 72.8 Å². The topological polar surface area (TPSA) is 34.6 Å².